The van der Waals surface area contributed by atoms with E-state index in [0.29, 0.717) is 31.1 Å². The normalized spacial score (nSPS) is 11.1. The summed E-state index contributed by atoms with van der Waals surface area (Å²) in [6.45, 7) is 6.98. The van der Waals surface area contributed by atoms with Crippen molar-refractivity contribution in [3.63, 3.8) is 0 Å². The molecule has 4 rings (SSSR count). The van der Waals surface area contributed by atoms with E-state index in [1.807, 2.05) is 56.4 Å². The van der Waals surface area contributed by atoms with E-state index < -0.39 is 5.97 Å². The summed E-state index contributed by atoms with van der Waals surface area (Å²) in [5.41, 5.74) is 3.96. The number of aryl methyl sites for hydroxylation is 3. The fourth-order valence-electron chi connectivity index (χ4n) is 3.77. The number of carbonyl (C=O) groups is 1. The highest BCUT2D eigenvalue weighted by molar-refractivity contribution is 7.15. The topological polar surface area (TPSA) is 82.8 Å². The molecule has 0 aliphatic heterocycles. The number of hydrogen-bond acceptors (Lipinski definition) is 6. The van der Waals surface area contributed by atoms with Crippen molar-refractivity contribution in [1.29, 1.82) is 0 Å². The third kappa shape index (κ3) is 5.17. The minimum Gasteiger partial charge on any atom is -0.493 e. The van der Waals surface area contributed by atoms with E-state index in [9.17, 15) is 4.79 Å². The largest absolute Gasteiger partial charge is 0.493 e. The molecule has 0 bridgehead atoms. The highest BCUT2D eigenvalue weighted by Crippen LogP contribution is 2.35. The van der Waals surface area contributed by atoms with Crippen LogP contribution in [-0.4, -0.2) is 41.0 Å². The molecule has 4 aromatic rings. The van der Waals surface area contributed by atoms with Crippen LogP contribution in [0, 0.1) is 20.8 Å². The lowest BCUT2D eigenvalue weighted by molar-refractivity contribution is -0.137. The van der Waals surface area contributed by atoms with Gasteiger partial charge in [0.05, 0.1) is 26.0 Å². The maximum atomic E-state index is 11.1. The minimum absolute atomic E-state index is 0.0601. The number of fused-ring (bicyclic) bond motifs is 1. The molecule has 0 radical (unpaired) electrons. The molecular formula is C26H28N2O5S. The predicted octanol–water partition coefficient (Wildman–Crippen LogP) is 5.63. The van der Waals surface area contributed by atoms with Crippen molar-refractivity contribution < 1.29 is 24.1 Å². The Balaban J connectivity index is 1.32. The lowest BCUT2D eigenvalue weighted by Gasteiger charge is -2.12. The first-order chi connectivity index (χ1) is 16.4. The summed E-state index contributed by atoms with van der Waals surface area (Å²) in [4.78, 5) is 16.9. The van der Waals surface area contributed by atoms with Crippen LogP contribution in [0.15, 0.2) is 42.6 Å². The average Bonchev–Trinajstić information content (AvgIpc) is 3.31. The smallest absolute Gasteiger partial charge is 0.323 e. The van der Waals surface area contributed by atoms with E-state index in [2.05, 4.69) is 11.9 Å². The molecule has 1 N–H and O–H groups in total. The average molecular weight is 481 g/mol. The van der Waals surface area contributed by atoms with Gasteiger partial charge in [-0.3, -0.25) is 4.79 Å². The van der Waals surface area contributed by atoms with Crippen molar-refractivity contribution in [1.82, 2.24) is 9.55 Å². The number of hydrogen-bond donors (Lipinski definition) is 1. The maximum Gasteiger partial charge on any atom is 0.323 e. The predicted molar refractivity (Wildman–Crippen MR) is 133 cm³/mol. The van der Waals surface area contributed by atoms with Crippen LogP contribution < -0.4 is 14.2 Å². The summed E-state index contributed by atoms with van der Waals surface area (Å²) in [6, 6.07) is 11.6. The van der Waals surface area contributed by atoms with Crippen LogP contribution in [0.2, 0.25) is 0 Å². The molecule has 0 unspecified atom stereocenters. The van der Waals surface area contributed by atoms with Crippen molar-refractivity contribution >= 4 is 28.2 Å². The summed E-state index contributed by atoms with van der Waals surface area (Å²) in [5.74, 6) is 1.25. The zero-order chi connectivity index (χ0) is 24.2. The molecule has 7 nitrogen and oxygen atoms in total. The highest BCUT2D eigenvalue weighted by Gasteiger charge is 2.12. The fraction of sp³-hybridized carbons (Fsp3) is 0.308. The summed E-state index contributed by atoms with van der Waals surface area (Å²) in [5, 5.41) is 11.0. The van der Waals surface area contributed by atoms with Crippen molar-refractivity contribution in [3.05, 3.63) is 58.7 Å². The van der Waals surface area contributed by atoms with Crippen LogP contribution in [0.4, 0.5) is 0 Å². The highest BCUT2D eigenvalue weighted by atomic mass is 32.1. The third-order valence-corrected chi connectivity index (χ3v) is 6.73. The van der Waals surface area contributed by atoms with Gasteiger partial charge in [-0.15, -0.1) is 11.3 Å². The van der Waals surface area contributed by atoms with Gasteiger partial charge in [0.2, 0.25) is 0 Å². The zero-order valence-electron chi connectivity index (χ0n) is 19.8. The molecule has 0 spiro atoms. The van der Waals surface area contributed by atoms with E-state index in [0.717, 1.165) is 38.5 Å². The Kier molecular flexibility index (Phi) is 7.07. The second-order valence-corrected chi connectivity index (χ2v) is 9.29. The van der Waals surface area contributed by atoms with Crippen molar-refractivity contribution in [2.75, 3.05) is 20.3 Å². The number of ether oxygens (including phenoxy) is 3. The first kappa shape index (κ1) is 23.6. The molecule has 0 aliphatic carbocycles. The Labute approximate surface area is 202 Å². The molecule has 34 heavy (non-hydrogen) atoms. The van der Waals surface area contributed by atoms with Crippen LogP contribution >= 0.6 is 11.3 Å². The first-order valence-corrected chi connectivity index (χ1v) is 11.9. The van der Waals surface area contributed by atoms with Crippen molar-refractivity contribution in [2.24, 2.45) is 0 Å². The molecule has 0 aliphatic rings. The molecule has 0 amide bonds. The molecule has 8 heteroatoms. The number of thiazole rings is 1. The van der Waals surface area contributed by atoms with E-state index in [4.69, 9.17) is 19.3 Å². The van der Waals surface area contributed by atoms with Crippen molar-refractivity contribution in [2.45, 2.75) is 33.7 Å². The van der Waals surface area contributed by atoms with Crippen LogP contribution in [0.25, 0.3) is 21.5 Å². The standard InChI is InChI=1S/C26H28N2O5S/c1-16-14-28(15-25(29)30)22-8-7-20(13-21(16)22)32-10-5-11-33-23-9-6-19(12-24(23)31-4)26-27-17(2)18(3)34-26/h6-9,12-14H,5,10-11,15H2,1-4H3,(H,29,30). The Morgan fingerprint density at radius 2 is 1.85 bits per heavy atom. The monoisotopic (exact) mass is 480 g/mol. The van der Waals surface area contributed by atoms with Crippen LogP contribution in [0.3, 0.4) is 0 Å². The van der Waals surface area contributed by atoms with Gasteiger partial charge in [-0.2, -0.15) is 0 Å². The molecule has 0 atom stereocenters. The van der Waals surface area contributed by atoms with Gasteiger partial charge in [0.1, 0.15) is 17.3 Å². The maximum absolute atomic E-state index is 11.1. The molecule has 0 fully saturated rings. The van der Waals surface area contributed by atoms with Gasteiger partial charge in [-0.1, -0.05) is 0 Å². The first-order valence-electron chi connectivity index (χ1n) is 11.0. The fourth-order valence-corrected chi connectivity index (χ4v) is 4.68. The minimum atomic E-state index is -0.864. The Bertz CT molecular complexity index is 1300. The van der Waals surface area contributed by atoms with Crippen LogP contribution in [0.5, 0.6) is 17.2 Å². The number of benzene rings is 2. The van der Waals surface area contributed by atoms with Crippen LogP contribution in [0.1, 0.15) is 22.6 Å². The van der Waals surface area contributed by atoms with Crippen molar-refractivity contribution in [3.8, 4) is 27.8 Å². The number of aromatic nitrogens is 2. The number of aliphatic carboxylic acids is 1. The SMILES string of the molecule is COc1cc(-c2nc(C)c(C)s2)ccc1OCCCOc1ccc2c(c1)c(C)cn2CC(=O)O. The van der Waals surface area contributed by atoms with Crippen LogP contribution in [-0.2, 0) is 11.3 Å². The second kappa shape index (κ2) is 10.2. The summed E-state index contributed by atoms with van der Waals surface area (Å²) in [7, 11) is 1.63. The van der Waals surface area contributed by atoms with Gasteiger partial charge in [-0.25, -0.2) is 4.98 Å². The number of rotatable bonds is 10. The zero-order valence-corrected chi connectivity index (χ0v) is 20.6. The van der Waals surface area contributed by atoms with Gasteiger partial charge in [0.25, 0.3) is 0 Å². The van der Waals surface area contributed by atoms with E-state index in [-0.39, 0.29) is 6.54 Å². The Morgan fingerprint density at radius 3 is 2.56 bits per heavy atom. The van der Waals surface area contributed by atoms with E-state index in [1.165, 1.54) is 4.88 Å². The summed E-state index contributed by atoms with van der Waals surface area (Å²) < 4.78 is 19.1. The van der Waals surface area contributed by atoms with Gasteiger partial charge in [0.15, 0.2) is 11.5 Å². The molecule has 2 aromatic carbocycles. The van der Waals surface area contributed by atoms with E-state index in [1.54, 1.807) is 23.0 Å². The van der Waals surface area contributed by atoms with Gasteiger partial charge >= 0.3 is 5.97 Å². The molecule has 178 valence electrons. The van der Waals surface area contributed by atoms with Gasteiger partial charge in [-0.05, 0) is 62.7 Å². The second-order valence-electron chi connectivity index (χ2n) is 8.09. The summed E-state index contributed by atoms with van der Waals surface area (Å²) >= 11 is 1.67. The number of carboxylic acids is 1. The molecule has 2 aromatic heterocycles. The Hall–Kier alpha value is -3.52. The number of nitrogens with zero attached hydrogens (tertiary/aromatic N) is 2. The van der Waals surface area contributed by atoms with Gasteiger partial charge in [0, 0.05) is 34.0 Å². The molecular weight excluding hydrogens is 452 g/mol. The number of methoxy groups -OCH3 is 1. The lowest BCUT2D eigenvalue weighted by atomic mass is 10.2. The van der Waals surface area contributed by atoms with Gasteiger partial charge < -0.3 is 23.9 Å². The quantitative estimate of drug-likeness (QED) is 0.296. The van der Waals surface area contributed by atoms with E-state index >= 15 is 0 Å². The molecule has 2 heterocycles. The molecule has 0 saturated carbocycles. The third-order valence-electron chi connectivity index (χ3n) is 5.61. The summed E-state index contributed by atoms with van der Waals surface area (Å²) in [6.07, 6.45) is 2.55. The Morgan fingerprint density at radius 1 is 1.06 bits per heavy atom. The molecule has 0 saturated heterocycles. The lowest BCUT2D eigenvalue weighted by Crippen LogP contribution is -2.07. The number of carboxylic acid groups (broad SMARTS) is 1.